The molecular weight excluding hydrogens is 258 g/mol. The minimum Gasteiger partial charge on any atom is -0.383 e. The fourth-order valence-electron chi connectivity index (χ4n) is 3.50. The highest BCUT2D eigenvalue weighted by Gasteiger charge is 2.19. The van der Waals surface area contributed by atoms with Gasteiger partial charge in [-0.3, -0.25) is 0 Å². The molecule has 0 unspecified atom stereocenters. The quantitative estimate of drug-likeness (QED) is 0.896. The lowest BCUT2D eigenvalue weighted by atomic mass is 9.99. The number of nitrogens with two attached hydrogens (primary N) is 1. The molecule has 1 aliphatic rings. The molecule has 3 heteroatoms. The van der Waals surface area contributed by atoms with Crippen molar-refractivity contribution in [1.29, 1.82) is 0 Å². The van der Waals surface area contributed by atoms with Gasteiger partial charge < -0.3 is 5.73 Å². The number of nitrogen functional groups attached to an aromatic ring is 1. The maximum Gasteiger partial charge on any atom is 0.130 e. The second kappa shape index (κ2) is 6.33. The summed E-state index contributed by atoms with van der Waals surface area (Å²) in [6.45, 7) is 2.17. The van der Waals surface area contributed by atoms with Crippen LogP contribution in [0.2, 0.25) is 0 Å². The average Bonchev–Trinajstić information content (AvgIpc) is 3.13. The van der Waals surface area contributed by atoms with Gasteiger partial charge in [-0.25, -0.2) is 4.68 Å². The molecule has 21 heavy (non-hydrogen) atoms. The van der Waals surface area contributed by atoms with Crippen molar-refractivity contribution in [2.75, 3.05) is 5.73 Å². The van der Waals surface area contributed by atoms with Crippen molar-refractivity contribution in [2.45, 2.75) is 51.9 Å². The number of anilines is 1. The smallest absolute Gasteiger partial charge is 0.130 e. The number of para-hydroxylation sites is 1. The number of hydrogen-bond donors (Lipinski definition) is 1. The monoisotopic (exact) mass is 283 g/mol. The lowest BCUT2D eigenvalue weighted by molar-refractivity contribution is 0.499. The van der Waals surface area contributed by atoms with E-state index in [2.05, 4.69) is 19.1 Å². The van der Waals surface area contributed by atoms with E-state index in [9.17, 15) is 0 Å². The molecule has 0 saturated heterocycles. The highest BCUT2D eigenvalue weighted by atomic mass is 15.3. The zero-order chi connectivity index (χ0) is 14.7. The van der Waals surface area contributed by atoms with Gasteiger partial charge in [0, 0.05) is 5.56 Å². The van der Waals surface area contributed by atoms with Gasteiger partial charge in [-0.05, 0) is 37.3 Å². The summed E-state index contributed by atoms with van der Waals surface area (Å²) >= 11 is 0. The van der Waals surface area contributed by atoms with E-state index in [1.54, 1.807) is 0 Å². The maximum atomic E-state index is 6.33. The van der Waals surface area contributed by atoms with E-state index >= 15 is 0 Å². The fraction of sp³-hybridized carbons (Fsp3) is 0.500. The van der Waals surface area contributed by atoms with Gasteiger partial charge in [0.2, 0.25) is 0 Å². The molecule has 1 aromatic carbocycles. The van der Waals surface area contributed by atoms with Crippen LogP contribution in [0.15, 0.2) is 30.3 Å². The number of benzene rings is 1. The van der Waals surface area contributed by atoms with E-state index < -0.39 is 0 Å². The van der Waals surface area contributed by atoms with E-state index in [-0.39, 0.29) is 0 Å². The molecule has 0 radical (unpaired) electrons. The van der Waals surface area contributed by atoms with Gasteiger partial charge in [0.15, 0.2) is 0 Å². The van der Waals surface area contributed by atoms with Crippen molar-refractivity contribution in [2.24, 2.45) is 5.92 Å². The molecule has 0 atom stereocenters. The number of rotatable bonds is 5. The first-order chi connectivity index (χ1) is 10.3. The van der Waals surface area contributed by atoms with E-state index in [0.717, 1.165) is 30.3 Å². The highest BCUT2D eigenvalue weighted by Crippen LogP contribution is 2.30. The first kappa shape index (κ1) is 14.2. The standard InChI is InChI=1S/C18H25N3/c1-2-16-17(13-12-14-8-6-7-9-14)20-21(18(16)19)15-10-4-3-5-11-15/h3-5,10-11,14H,2,6-9,12-13,19H2,1H3. The fourth-order valence-corrected chi connectivity index (χ4v) is 3.50. The van der Waals surface area contributed by atoms with Crippen molar-refractivity contribution in [3.63, 3.8) is 0 Å². The zero-order valence-electron chi connectivity index (χ0n) is 12.9. The van der Waals surface area contributed by atoms with Gasteiger partial charge in [0.25, 0.3) is 0 Å². The van der Waals surface area contributed by atoms with Crippen LogP contribution in [-0.2, 0) is 12.8 Å². The summed E-state index contributed by atoms with van der Waals surface area (Å²) in [7, 11) is 0. The summed E-state index contributed by atoms with van der Waals surface area (Å²) in [6.07, 6.45) is 8.90. The molecule has 2 N–H and O–H groups in total. The van der Waals surface area contributed by atoms with E-state index in [0.29, 0.717) is 0 Å². The summed E-state index contributed by atoms with van der Waals surface area (Å²) in [4.78, 5) is 0. The number of hydrogen-bond acceptors (Lipinski definition) is 2. The number of aromatic nitrogens is 2. The molecule has 0 spiro atoms. The Morgan fingerprint density at radius 2 is 1.90 bits per heavy atom. The second-order valence-corrected chi connectivity index (χ2v) is 6.10. The summed E-state index contributed by atoms with van der Waals surface area (Å²) in [5, 5.41) is 4.80. The third-order valence-electron chi connectivity index (χ3n) is 4.72. The molecule has 112 valence electrons. The van der Waals surface area contributed by atoms with Crippen molar-refractivity contribution in [3.8, 4) is 5.69 Å². The summed E-state index contributed by atoms with van der Waals surface area (Å²) < 4.78 is 1.91. The lowest BCUT2D eigenvalue weighted by Gasteiger charge is -2.07. The Bertz CT molecular complexity index is 580. The number of aryl methyl sites for hydroxylation is 1. The third-order valence-corrected chi connectivity index (χ3v) is 4.72. The van der Waals surface area contributed by atoms with Crippen LogP contribution < -0.4 is 5.73 Å². The lowest BCUT2D eigenvalue weighted by Crippen LogP contribution is -2.02. The summed E-state index contributed by atoms with van der Waals surface area (Å²) in [5.41, 5.74) is 9.82. The molecule has 1 aliphatic carbocycles. The van der Waals surface area contributed by atoms with Crippen LogP contribution in [-0.4, -0.2) is 9.78 Å². The largest absolute Gasteiger partial charge is 0.383 e. The van der Waals surface area contributed by atoms with Crippen LogP contribution in [0.25, 0.3) is 5.69 Å². The molecule has 0 aliphatic heterocycles. The van der Waals surface area contributed by atoms with E-state index in [1.807, 2.05) is 22.9 Å². The first-order valence-electron chi connectivity index (χ1n) is 8.21. The van der Waals surface area contributed by atoms with Gasteiger partial charge in [-0.1, -0.05) is 50.8 Å². The minimum atomic E-state index is 0.810. The Kier molecular flexibility index (Phi) is 4.28. The van der Waals surface area contributed by atoms with E-state index in [4.69, 9.17) is 10.8 Å². The van der Waals surface area contributed by atoms with Gasteiger partial charge in [0.05, 0.1) is 11.4 Å². The van der Waals surface area contributed by atoms with Crippen LogP contribution >= 0.6 is 0 Å². The third kappa shape index (κ3) is 2.97. The Labute approximate surface area is 127 Å². The summed E-state index contributed by atoms with van der Waals surface area (Å²) in [5.74, 6) is 1.71. The van der Waals surface area contributed by atoms with Gasteiger partial charge in [0.1, 0.15) is 5.82 Å². The number of nitrogens with zero attached hydrogens (tertiary/aromatic N) is 2. The maximum absolute atomic E-state index is 6.33. The molecule has 1 saturated carbocycles. The normalized spacial score (nSPS) is 15.7. The average molecular weight is 283 g/mol. The highest BCUT2D eigenvalue weighted by molar-refractivity contribution is 5.50. The second-order valence-electron chi connectivity index (χ2n) is 6.10. The van der Waals surface area contributed by atoms with Crippen LogP contribution in [0.3, 0.4) is 0 Å². The zero-order valence-corrected chi connectivity index (χ0v) is 12.9. The van der Waals surface area contributed by atoms with Gasteiger partial charge in [-0.2, -0.15) is 5.10 Å². The molecule has 0 amide bonds. The van der Waals surface area contributed by atoms with Crippen LogP contribution in [0.1, 0.15) is 50.3 Å². The Morgan fingerprint density at radius 3 is 2.57 bits per heavy atom. The minimum absolute atomic E-state index is 0.810. The molecule has 3 rings (SSSR count). The molecule has 2 aromatic rings. The van der Waals surface area contributed by atoms with E-state index in [1.165, 1.54) is 43.4 Å². The molecule has 0 bridgehead atoms. The van der Waals surface area contributed by atoms with Crippen molar-refractivity contribution in [1.82, 2.24) is 9.78 Å². The Morgan fingerprint density at radius 1 is 1.19 bits per heavy atom. The van der Waals surface area contributed by atoms with Crippen LogP contribution in [0, 0.1) is 5.92 Å². The van der Waals surface area contributed by atoms with Gasteiger partial charge in [-0.15, -0.1) is 0 Å². The molecule has 3 nitrogen and oxygen atoms in total. The van der Waals surface area contributed by atoms with Gasteiger partial charge >= 0.3 is 0 Å². The topological polar surface area (TPSA) is 43.8 Å². The SMILES string of the molecule is CCc1c(CCC2CCCC2)nn(-c2ccccc2)c1N. The van der Waals surface area contributed by atoms with Crippen molar-refractivity contribution < 1.29 is 0 Å². The first-order valence-corrected chi connectivity index (χ1v) is 8.21. The predicted octanol–water partition coefficient (Wildman–Crippen LogP) is 4.14. The van der Waals surface area contributed by atoms with Crippen LogP contribution in [0.5, 0.6) is 0 Å². The van der Waals surface area contributed by atoms with Crippen molar-refractivity contribution >= 4 is 5.82 Å². The molecule has 1 heterocycles. The van der Waals surface area contributed by atoms with Crippen LogP contribution in [0.4, 0.5) is 5.82 Å². The summed E-state index contributed by atoms with van der Waals surface area (Å²) in [6, 6.07) is 10.2. The van der Waals surface area contributed by atoms with Crippen molar-refractivity contribution in [3.05, 3.63) is 41.6 Å². The molecular formula is C18H25N3. The molecule has 1 aromatic heterocycles. The Hall–Kier alpha value is -1.77. The Balaban J connectivity index is 1.83. The molecule has 1 fully saturated rings. The predicted molar refractivity (Wildman–Crippen MR) is 87.6 cm³/mol.